The molecule has 1 aliphatic heterocycles. The van der Waals surface area contributed by atoms with E-state index in [0.717, 1.165) is 43.9 Å². The maximum absolute atomic E-state index is 12.7. The van der Waals surface area contributed by atoms with Gasteiger partial charge in [-0.05, 0) is 48.6 Å². The number of hydrogen-bond acceptors (Lipinski definition) is 2. The summed E-state index contributed by atoms with van der Waals surface area (Å²) in [6, 6.07) is 5.02. The van der Waals surface area contributed by atoms with Gasteiger partial charge in [-0.1, -0.05) is 58.4 Å². The number of nitrogens with one attached hydrogen (secondary N) is 2. The highest BCUT2D eigenvalue weighted by molar-refractivity contribution is 5.45. The van der Waals surface area contributed by atoms with Gasteiger partial charge in [-0.2, -0.15) is 0 Å². The van der Waals surface area contributed by atoms with E-state index in [1.54, 1.807) is 6.07 Å². The summed E-state index contributed by atoms with van der Waals surface area (Å²) in [7, 11) is 0. The quantitative estimate of drug-likeness (QED) is 0.616. The van der Waals surface area contributed by atoms with Gasteiger partial charge in [0.15, 0.2) is 0 Å². The summed E-state index contributed by atoms with van der Waals surface area (Å²) >= 11 is 0. The molecule has 0 unspecified atom stereocenters. The van der Waals surface area contributed by atoms with Gasteiger partial charge in [0.1, 0.15) is 5.82 Å². The van der Waals surface area contributed by atoms with Crippen molar-refractivity contribution >= 4 is 6.41 Å². The first kappa shape index (κ1) is 21.6. The third kappa shape index (κ3) is 9.59. The Morgan fingerprint density at radius 3 is 2.60 bits per heavy atom. The molecule has 2 N–H and O–H groups in total. The highest BCUT2D eigenvalue weighted by atomic mass is 19.1. The van der Waals surface area contributed by atoms with Crippen LogP contribution >= 0.6 is 0 Å². The fourth-order valence-corrected chi connectivity index (χ4v) is 3.27. The first-order valence-electron chi connectivity index (χ1n) is 9.86. The zero-order valence-electron chi connectivity index (χ0n) is 16.0. The highest BCUT2D eigenvalue weighted by Crippen LogP contribution is 2.25. The molecule has 0 aromatic heterocycles. The second-order valence-electron chi connectivity index (χ2n) is 6.91. The first-order chi connectivity index (χ1) is 12.2. The molecule has 3 rings (SSSR count). The molecule has 1 fully saturated rings. The van der Waals surface area contributed by atoms with E-state index < -0.39 is 0 Å². The Kier molecular flexibility index (Phi) is 12.0. The minimum absolute atomic E-state index is 0.132. The Morgan fingerprint density at radius 2 is 1.92 bits per heavy atom. The lowest BCUT2D eigenvalue weighted by atomic mass is 9.87. The largest absolute Gasteiger partial charge is 0.359 e. The van der Waals surface area contributed by atoms with Gasteiger partial charge in [0.25, 0.3) is 0 Å². The first-order valence-corrected chi connectivity index (χ1v) is 9.86. The van der Waals surface area contributed by atoms with Gasteiger partial charge < -0.3 is 10.6 Å². The Balaban J connectivity index is 0.000000217. The maximum Gasteiger partial charge on any atom is 0.207 e. The van der Waals surface area contributed by atoms with Crippen LogP contribution in [0.4, 0.5) is 4.39 Å². The smallest absolute Gasteiger partial charge is 0.207 e. The molecule has 1 aromatic rings. The van der Waals surface area contributed by atoms with Crippen molar-refractivity contribution in [2.24, 2.45) is 5.92 Å². The standard InChI is InChI=1S/C9H10FN.C9H17NO.C3H8/c10-9-2-1-7-3-4-11-6-8(7)5-9;11-8-10-7-6-9-4-2-1-3-5-9;1-3-2/h1-2,5,11H,3-4,6H2;8-9H,1-7H2,(H,10,11);3H2,1-2H3. The lowest BCUT2D eigenvalue weighted by Crippen LogP contribution is -2.23. The van der Waals surface area contributed by atoms with Crippen LogP contribution in [-0.2, 0) is 17.8 Å². The van der Waals surface area contributed by atoms with Crippen molar-refractivity contribution in [3.63, 3.8) is 0 Å². The van der Waals surface area contributed by atoms with E-state index in [-0.39, 0.29) is 5.82 Å². The summed E-state index contributed by atoms with van der Waals surface area (Å²) in [6.07, 6.45) is 11.2. The van der Waals surface area contributed by atoms with Gasteiger partial charge in [-0.15, -0.1) is 0 Å². The van der Waals surface area contributed by atoms with Crippen molar-refractivity contribution < 1.29 is 9.18 Å². The SMILES string of the molecule is CCC.Fc1ccc2c(c1)CNCC2.O=CNCCC1CCCCC1. The van der Waals surface area contributed by atoms with Crippen molar-refractivity contribution in [1.82, 2.24) is 10.6 Å². The summed E-state index contributed by atoms with van der Waals surface area (Å²) in [5.41, 5.74) is 2.39. The molecule has 3 nitrogen and oxygen atoms in total. The second-order valence-corrected chi connectivity index (χ2v) is 6.91. The third-order valence-corrected chi connectivity index (χ3v) is 4.56. The number of benzene rings is 1. The topological polar surface area (TPSA) is 41.1 Å². The van der Waals surface area contributed by atoms with Crippen LogP contribution in [0.25, 0.3) is 0 Å². The van der Waals surface area contributed by atoms with E-state index in [4.69, 9.17) is 0 Å². The van der Waals surface area contributed by atoms with Crippen LogP contribution in [0.1, 0.15) is 69.9 Å². The third-order valence-electron chi connectivity index (χ3n) is 4.56. The summed E-state index contributed by atoms with van der Waals surface area (Å²) in [5.74, 6) is 0.753. The minimum atomic E-state index is -0.132. The summed E-state index contributed by atoms with van der Waals surface area (Å²) in [5, 5.41) is 5.92. The number of carbonyl (C=O) groups is 1. The molecule has 0 saturated heterocycles. The molecule has 1 aromatic carbocycles. The van der Waals surface area contributed by atoms with Crippen LogP contribution in [0.15, 0.2) is 18.2 Å². The molecular weight excluding hydrogens is 315 g/mol. The number of rotatable bonds is 4. The molecule has 0 atom stereocenters. The van der Waals surface area contributed by atoms with Gasteiger partial charge in [0.05, 0.1) is 0 Å². The van der Waals surface area contributed by atoms with Gasteiger partial charge >= 0.3 is 0 Å². The minimum Gasteiger partial charge on any atom is -0.359 e. The number of halogens is 1. The second kappa shape index (κ2) is 13.8. The average Bonchev–Trinajstić information content (AvgIpc) is 2.64. The van der Waals surface area contributed by atoms with Crippen molar-refractivity contribution in [3.8, 4) is 0 Å². The number of hydrogen-bond donors (Lipinski definition) is 2. The highest BCUT2D eigenvalue weighted by Gasteiger charge is 2.12. The maximum atomic E-state index is 12.7. The summed E-state index contributed by atoms with van der Waals surface area (Å²) < 4.78 is 12.7. The van der Waals surface area contributed by atoms with E-state index >= 15 is 0 Å². The molecule has 1 heterocycles. The van der Waals surface area contributed by atoms with Crippen molar-refractivity contribution in [2.75, 3.05) is 13.1 Å². The number of carbonyl (C=O) groups excluding carboxylic acids is 1. The van der Waals surface area contributed by atoms with E-state index in [2.05, 4.69) is 24.5 Å². The molecule has 142 valence electrons. The van der Waals surface area contributed by atoms with Crippen LogP contribution in [0, 0.1) is 11.7 Å². The van der Waals surface area contributed by atoms with Crippen LogP contribution in [0.3, 0.4) is 0 Å². The predicted octanol–water partition coefficient (Wildman–Crippen LogP) is 4.59. The van der Waals surface area contributed by atoms with Gasteiger partial charge in [0, 0.05) is 13.1 Å². The van der Waals surface area contributed by atoms with Crippen LogP contribution in [0.2, 0.25) is 0 Å². The van der Waals surface area contributed by atoms with Crippen LogP contribution in [0.5, 0.6) is 0 Å². The van der Waals surface area contributed by atoms with Crippen LogP contribution < -0.4 is 10.6 Å². The molecule has 0 bridgehead atoms. The molecule has 0 radical (unpaired) electrons. The Hall–Kier alpha value is -1.42. The van der Waals surface area contributed by atoms with Crippen molar-refractivity contribution in [3.05, 3.63) is 35.1 Å². The Labute approximate surface area is 152 Å². The molecule has 1 aliphatic carbocycles. The zero-order valence-corrected chi connectivity index (χ0v) is 16.0. The Morgan fingerprint density at radius 1 is 1.20 bits per heavy atom. The molecule has 1 amide bonds. The molecule has 2 aliphatic rings. The van der Waals surface area contributed by atoms with E-state index in [1.807, 2.05) is 6.07 Å². The molecular formula is C21H35FN2O. The van der Waals surface area contributed by atoms with E-state index in [1.165, 1.54) is 56.6 Å². The Bertz CT molecular complexity index is 473. The monoisotopic (exact) mass is 350 g/mol. The normalized spacial score (nSPS) is 16.4. The summed E-state index contributed by atoms with van der Waals surface area (Å²) in [4.78, 5) is 9.94. The predicted molar refractivity (Wildman–Crippen MR) is 103 cm³/mol. The fraction of sp³-hybridized carbons (Fsp3) is 0.667. The van der Waals surface area contributed by atoms with Gasteiger partial charge in [0.2, 0.25) is 6.41 Å². The average molecular weight is 351 g/mol. The lowest BCUT2D eigenvalue weighted by Gasteiger charge is -2.20. The van der Waals surface area contributed by atoms with Crippen molar-refractivity contribution in [1.29, 1.82) is 0 Å². The van der Waals surface area contributed by atoms with Crippen molar-refractivity contribution in [2.45, 2.75) is 71.8 Å². The van der Waals surface area contributed by atoms with Gasteiger partial charge in [-0.25, -0.2) is 4.39 Å². The van der Waals surface area contributed by atoms with E-state index in [9.17, 15) is 9.18 Å². The zero-order chi connectivity index (χ0) is 18.3. The molecule has 1 saturated carbocycles. The molecule has 0 spiro atoms. The summed E-state index contributed by atoms with van der Waals surface area (Å²) in [6.45, 7) is 6.94. The molecule has 4 heteroatoms. The van der Waals surface area contributed by atoms with Gasteiger partial charge in [-0.3, -0.25) is 4.79 Å². The van der Waals surface area contributed by atoms with E-state index in [0.29, 0.717) is 0 Å². The lowest BCUT2D eigenvalue weighted by molar-refractivity contribution is -0.109. The number of amides is 1. The molecule has 25 heavy (non-hydrogen) atoms. The fourth-order valence-electron chi connectivity index (χ4n) is 3.27. The number of fused-ring (bicyclic) bond motifs is 1. The van der Waals surface area contributed by atoms with Crippen LogP contribution in [-0.4, -0.2) is 19.5 Å².